The maximum absolute atomic E-state index is 8.94. The molecule has 0 spiro atoms. The lowest BCUT2D eigenvalue weighted by atomic mass is 10.1. The molecule has 2 aromatic heterocycles. The maximum Gasteiger partial charge on any atom is 0.167 e. The first-order chi connectivity index (χ1) is 8.79. The van der Waals surface area contributed by atoms with Gasteiger partial charge in [0.15, 0.2) is 11.5 Å². The Hall–Kier alpha value is -1.73. The fourth-order valence-electron chi connectivity index (χ4n) is 2.33. The Morgan fingerprint density at radius 3 is 3.17 bits per heavy atom. The first kappa shape index (κ1) is 11.4. The highest BCUT2D eigenvalue weighted by Gasteiger charge is 2.27. The Morgan fingerprint density at radius 2 is 2.33 bits per heavy atom. The van der Waals surface area contributed by atoms with Crippen molar-refractivity contribution in [3.63, 3.8) is 0 Å². The second kappa shape index (κ2) is 4.51. The number of hydrogen-bond acceptors (Lipinski definition) is 6. The van der Waals surface area contributed by atoms with E-state index in [0.717, 1.165) is 12.8 Å². The van der Waals surface area contributed by atoms with Crippen LogP contribution in [0.5, 0.6) is 0 Å². The first-order valence-electron chi connectivity index (χ1n) is 5.95. The van der Waals surface area contributed by atoms with Crippen molar-refractivity contribution in [1.29, 1.82) is 0 Å². The molecular weight excluding hydrogens is 234 g/mol. The van der Waals surface area contributed by atoms with Gasteiger partial charge in [0.25, 0.3) is 0 Å². The number of anilines is 1. The van der Waals surface area contributed by atoms with Crippen LogP contribution < -0.4 is 5.73 Å². The van der Waals surface area contributed by atoms with Crippen LogP contribution in [0.1, 0.15) is 19.1 Å². The largest absolute Gasteiger partial charge is 0.396 e. The number of hydrogen-bond donors (Lipinski definition) is 2. The van der Waals surface area contributed by atoms with Gasteiger partial charge in [0.05, 0.1) is 12.9 Å². The molecule has 18 heavy (non-hydrogen) atoms. The van der Waals surface area contributed by atoms with Crippen LogP contribution in [0, 0.1) is 5.92 Å². The van der Waals surface area contributed by atoms with Crippen molar-refractivity contribution in [2.24, 2.45) is 5.92 Å². The van der Waals surface area contributed by atoms with Crippen LogP contribution in [0.15, 0.2) is 12.7 Å². The third kappa shape index (κ3) is 1.81. The molecule has 1 aliphatic rings. The molecule has 0 unspecified atom stereocenters. The summed E-state index contributed by atoms with van der Waals surface area (Å²) in [6, 6.07) is 0. The average molecular weight is 249 g/mol. The number of fused-ring (bicyclic) bond motifs is 1. The summed E-state index contributed by atoms with van der Waals surface area (Å²) < 4.78 is 7.60. The summed E-state index contributed by atoms with van der Waals surface area (Å²) in [5.74, 6) is 0.764. The third-order valence-electron chi connectivity index (χ3n) is 3.29. The molecule has 3 N–H and O–H groups in total. The van der Waals surface area contributed by atoms with Crippen molar-refractivity contribution < 1.29 is 9.84 Å². The minimum atomic E-state index is -0.0825. The van der Waals surface area contributed by atoms with Gasteiger partial charge >= 0.3 is 0 Å². The van der Waals surface area contributed by atoms with Crippen molar-refractivity contribution in [2.45, 2.75) is 19.1 Å². The van der Waals surface area contributed by atoms with Gasteiger partial charge < -0.3 is 15.6 Å². The van der Waals surface area contributed by atoms with Gasteiger partial charge in [-0.25, -0.2) is 15.0 Å². The number of nitrogens with zero attached hydrogens (tertiary/aromatic N) is 4. The molecule has 96 valence electrons. The van der Waals surface area contributed by atoms with Crippen molar-refractivity contribution in [3.05, 3.63) is 12.7 Å². The molecule has 7 heteroatoms. The molecule has 1 fully saturated rings. The van der Waals surface area contributed by atoms with Gasteiger partial charge in [-0.2, -0.15) is 0 Å². The molecular formula is C11H15N5O2. The molecule has 3 rings (SSSR count). The van der Waals surface area contributed by atoms with Gasteiger partial charge in [0, 0.05) is 6.61 Å². The van der Waals surface area contributed by atoms with Gasteiger partial charge in [-0.3, -0.25) is 4.57 Å². The normalized spacial score (nSPS) is 23.8. The zero-order chi connectivity index (χ0) is 12.5. The number of imidazole rings is 1. The maximum atomic E-state index is 8.94. The number of nitrogen functional groups attached to an aromatic ring is 1. The summed E-state index contributed by atoms with van der Waals surface area (Å²) in [5.41, 5.74) is 7.04. The molecule has 0 bridgehead atoms. The molecule has 2 aromatic rings. The zero-order valence-electron chi connectivity index (χ0n) is 9.86. The highest BCUT2D eigenvalue weighted by molar-refractivity contribution is 5.81. The Labute approximate surface area is 104 Å². The van der Waals surface area contributed by atoms with Crippen molar-refractivity contribution in [3.8, 4) is 0 Å². The second-order valence-corrected chi connectivity index (χ2v) is 4.48. The summed E-state index contributed by atoms with van der Waals surface area (Å²) >= 11 is 0. The Morgan fingerprint density at radius 1 is 1.44 bits per heavy atom. The van der Waals surface area contributed by atoms with Gasteiger partial charge in [-0.05, 0) is 18.8 Å². The number of rotatable bonds is 3. The van der Waals surface area contributed by atoms with Crippen molar-refractivity contribution in [2.75, 3.05) is 18.9 Å². The predicted octanol–water partition coefficient (Wildman–Crippen LogP) is 0.326. The number of nitrogens with two attached hydrogens (primary N) is 1. The van der Waals surface area contributed by atoms with E-state index in [-0.39, 0.29) is 12.8 Å². The van der Waals surface area contributed by atoms with E-state index in [1.807, 2.05) is 4.57 Å². The predicted molar refractivity (Wildman–Crippen MR) is 64.5 cm³/mol. The topological polar surface area (TPSA) is 99.1 Å². The van der Waals surface area contributed by atoms with E-state index in [2.05, 4.69) is 15.0 Å². The van der Waals surface area contributed by atoms with Crippen LogP contribution in [0.2, 0.25) is 0 Å². The van der Waals surface area contributed by atoms with Crippen LogP contribution >= 0.6 is 0 Å². The minimum Gasteiger partial charge on any atom is -0.396 e. The molecule has 2 atom stereocenters. The zero-order valence-corrected chi connectivity index (χ0v) is 9.86. The monoisotopic (exact) mass is 249 g/mol. The average Bonchev–Trinajstić information content (AvgIpc) is 2.96. The molecule has 3 heterocycles. The van der Waals surface area contributed by atoms with Crippen LogP contribution in [0.3, 0.4) is 0 Å². The smallest absolute Gasteiger partial charge is 0.167 e. The van der Waals surface area contributed by atoms with Crippen molar-refractivity contribution >= 4 is 17.0 Å². The minimum absolute atomic E-state index is 0.0825. The van der Waals surface area contributed by atoms with Gasteiger partial charge in [0.1, 0.15) is 18.1 Å². The van der Waals surface area contributed by atoms with E-state index in [4.69, 9.17) is 15.6 Å². The molecule has 0 aromatic carbocycles. The van der Waals surface area contributed by atoms with Gasteiger partial charge in [-0.15, -0.1) is 0 Å². The Balaban J connectivity index is 1.89. The summed E-state index contributed by atoms with van der Waals surface area (Å²) in [6.07, 6.45) is 4.65. The van der Waals surface area contributed by atoms with Crippen LogP contribution in [-0.2, 0) is 4.74 Å². The molecule has 1 aliphatic heterocycles. The molecule has 7 nitrogen and oxygen atoms in total. The van der Waals surface area contributed by atoms with Crippen LogP contribution in [0.4, 0.5) is 5.82 Å². The summed E-state index contributed by atoms with van der Waals surface area (Å²) in [7, 11) is 0. The summed E-state index contributed by atoms with van der Waals surface area (Å²) in [6.45, 7) is 0.853. The van der Waals surface area contributed by atoms with Crippen LogP contribution in [0.25, 0.3) is 11.2 Å². The van der Waals surface area contributed by atoms with E-state index in [9.17, 15) is 0 Å². The first-order valence-corrected chi connectivity index (χ1v) is 5.95. The van der Waals surface area contributed by atoms with Gasteiger partial charge in [0.2, 0.25) is 0 Å². The van der Waals surface area contributed by atoms with Crippen molar-refractivity contribution in [1.82, 2.24) is 19.5 Å². The summed E-state index contributed by atoms with van der Waals surface area (Å²) in [5, 5.41) is 8.94. The quantitative estimate of drug-likeness (QED) is 0.813. The fourth-order valence-corrected chi connectivity index (χ4v) is 2.33. The van der Waals surface area contributed by atoms with Crippen LogP contribution in [-0.4, -0.2) is 37.8 Å². The lowest BCUT2D eigenvalue weighted by molar-refractivity contribution is 0.0563. The van der Waals surface area contributed by atoms with Gasteiger partial charge in [-0.1, -0.05) is 0 Å². The summed E-state index contributed by atoms with van der Waals surface area (Å²) in [4.78, 5) is 12.3. The molecule has 1 saturated heterocycles. The number of ether oxygens (including phenoxy) is 1. The number of aromatic nitrogens is 4. The van der Waals surface area contributed by atoms with E-state index in [0.29, 0.717) is 29.5 Å². The second-order valence-electron chi connectivity index (χ2n) is 4.48. The van der Waals surface area contributed by atoms with E-state index >= 15 is 0 Å². The molecule has 0 amide bonds. The Kier molecular flexibility index (Phi) is 2.85. The molecule has 0 aliphatic carbocycles. The number of aliphatic hydroxyl groups excluding tert-OH is 1. The third-order valence-corrected chi connectivity index (χ3v) is 3.29. The Bertz CT molecular complexity index is 555. The number of aliphatic hydroxyl groups is 1. The lowest BCUT2D eigenvalue weighted by Crippen LogP contribution is -2.07. The highest BCUT2D eigenvalue weighted by atomic mass is 16.5. The highest BCUT2D eigenvalue weighted by Crippen LogP contribution is 2.31. The fraction of sp³-hybridized carbons (Fsp3) is 0.545. The lowest BCUT2D eigenvalue weighted by Gasteiger charge is -2.11. The van der Waals surface area contributed by atoms with E-state index < -0.39 is 0 Å². The molecule has 0 saturated carbocycles. The standard InChI is InChI=1S/C11H15N5O2/c12-10-9-11(14-5-13-10)16(6-15-9)8-3-7(1-2-17)4-18-8/h5-8,17H,1-4H2,(H2,12,13,14)/t7-,8-/m0/s1. The SMILES string of the molecule is Nc1ncnc2c1ncn2[C@@H]1C[C@H](CCO)CO1. The van der Waals surface area contributed by atoms with E-state index in [1.54, 1.807) is 6.33 Å². The van der Waals surface area contributed by atoms with E-state index in [1.165, 1.54) is 6.33 Å². The molecule has 0 radical (unpaired) electrons.